The molecule has 1 aromatic heterocycles. The molecule has 0 N–H and O–H groups in total. The summed E-state index contributed by atoms with van der Waals surface area (Å²) in [7, 11) is 0. The molecule has 24 heavy (non-hydrogen) atoms. The van der Waals surface area contributed by atoms with Gasteiger partial charge in [0.25, 0.3) is 5.22 Å². The van der Waals surface area contributed by atoms with Crippen LogP contribution >= 0.6 is 11.8 Å². The van der Waals surface area contributed by atoms with Crippen LogP contribution in [0, 0.1) is 6.92 Å². The van der Waals surface area contributed by atoms with Crippen LogP contribution in [0.4, 0.5) is 0 Å². The van der Waals surface area contributed by atoms with Gasteiger partial charge in [-0.25, -0.2) is 0 Å². The molecule has 128 valence electrons. The van der Waals surface area contributed by atoms with Crippen molar-refractivity contribution in [3.63, 3.8) is 0 Å². The summed E-state index contributed by atoms with van der Waals surface area (Å²) in [6.07, 6.45) is 0.137. The van der Waals surface area contributed by atoms with E-state index in [2.05, 4.69) is 10.2 Å². The van der Waals surface area contributed by atoms with Crippen LogP contribution in [0.3, 0.4) is 0 Å². The van der Waals surface area contributed by atoms with E-state index in [0.29, 0.717) is 24.2 Å². The second-order valence-corrected chi connectivity index (χ2v) is 6.96. The third kappa shape index (κ3) is 3.96. The molecule has 1 fully saturated rings. The Labute approximate surface area is 145 Å². The van der Waals surface area contributed by atoms with E-state index in [9.17, 15) is 4.79 Å². The summed E-state index contributed by atoms with van der Waals surface area (Å²) < 4.78 is 11.3. The second-order valence-electron chi connectivity index (χ2n) is 6.03. The van der Waals surface area contributed by atoms with Gasteiger partial charge in [-0.05, 0) is 32.4 Å². The molecular weight excluding hydrogens is 326 g/mol. The van der Waals surface area contributed by atoms with Crippen molar-refractivity contribution >= 4 is 17.7 Å². The van der Waals surface area contributed by atoms with E-state index < -0.39 is 0 Å². The summed E-state index contributed by atoms with van der Waals surface area (Å²) in [4.78, 5) is 14.2. The molecule has 0 unspecified atom stereocenters. The van der Waals surface area contributed by atoms with Crippen LogP contribution in [0.1, 0.15) is 19.4 Å². The smallest absolute Gasteiger partial charge is 0.277 e. The molecule has 1 saturated heterocycles. The number of nitrogens with zero attached hydrogens (tertiary/aromatic N) is 3. The summed E-state index contributed by atoms with van der Waals surface area (Å²) in [5.41, 5.74) is 1.99. The molecule has 1 aliphatic heterocycles. The van der Waals surface area contributed by atoms with Gasteiger partial charge in [-0.1, -0.05) is 30.0 Å². The maximum absolute atomic E-state index is 12.4. The lowest BCUT2D eigenvalue weighted by atomic mass is 10.1. The van der Waals surface area contributed by atoms with E-state index in [4.69, 9.17) is 9.15 Å². The van der Waals surface area contributed by atoms with Crippen LogP contribution in [0.2, 0.25) is 0 Å². The number of amides is 1. The Hall–Kier alpha value is -1.86. The number of carbonyl (C=O) groups excluding carboxylic acids is 1. The zero-order valence-electron chi connectivity index (χ0n) is 14.1. The number of hydrogen-bond donors (Lipinski definition) is 0. The highest BCUT2D eigenvalue weighted by molar-refractivity contribution is 7.99. The van der Waals surface area contributed by atoms with E-state index in [-0.39, 0.29) is 23.9 Å². The molecule has 2 heterocycles. The summed E-state index contributed by atoms with van der Waals surface area (Å²) in [5.74, 6) is 0.837. The lowest BCUT2D eigenvalue weighted by molar-refractivity contribution is -0.140. The lowest BCUT2D eigenvalue weighted by Crippen LogP contribution is -2.48. The van der Waals surface area contributed by atoms with Gasteiger partial charge in [0.2, 0.25) is 11.8 Å². The fraction of sp³-hybridized carbons (Fsp3) is 0.471. The summed E-state index contributed by atoms with van der Waals surface area (Å²) >= 11 is 1.27. The van der Waals surface area contributed by atoms with E-state index >= 15 is 0 Å². The quantitative estimate of drug-likeness (QED) is 0.792. The molecule has 1 amide bonds. The monoisotopic (exact) mass is 347 g/mol. The number of benzene rings is 1. The fourth-order valence-corrected chi connectivity index (χ4v) is 3.45. The zero-order chi connectivity index (χ0) is 17.1. The Balaban J connectivity index is 1.59. The van der Waals surface area contributed by atoms with E-state index in [0.717, 1.165) is 11.1 Å². The van der Waals surface area contributed by atoms with Crippen molar-refractivity contribution in [1.29, 1.82) is 0 Å². The third-order valence-electron chi connectivity index (χ3n) is 3.87. The Kier molecular flexibility index (Phi) is 5.20. The van der Waals surface area contributed by atoms with Gasteiger partial charge in [-0.15, -0.1) is 10.2 Å². The van der Waals surface area contributed by atoms with Crippen molar-refractivity contribution in [2.75, 3.05) is 18.8 Å². The Morgan fingerprint density at radius 2 is 1.96 bits per heavy atom. The topological polar surface area (TPSA) is 68.5 Å². The van der Waals surface area contributed by atoms with E-state index in [1.54, 1.807) is 0 Å². The molecule has 2 atom stereocenters. The molecule has 1 aromatic carbocycles. The number of carbonyl (C=O) groups is 1. The summed E-state index contributed by atoms with van der Waals surface area (Å²) in [6.45, 7) is 7.21. The van der Waals surface area contributed by atoms with Gasteiger partial charge in [0.05, 0.1) is 18.0 Å². The van der Waals surface area contributed by atoms with Gasteiger partial charge < -0.3 is 14.1 Å². The van der Waals surface area contributed by atoms with Gasteiger partial charge in [0.1, 0.15) is 0 Å². The molecule has 3 rings (SSSR count). The molecular formula is C17H21N3O3S. The zero-order valence-corrected chi connectivity index (χ0v) is 14.9. The van der Waals surface area contributed by atoms with Crippen molar-refractivity contribution in [2.24, 2.45) is 0 Å². The number of morpholine rings is 1. The van der Waals surface area contributed by atoms with Crippen molar-refractivity contribution < 1.29 is 13.9 Å². The van der Waals surface area contributed by atoms with Gasteiger partial charge in [0.15, 0.2) is 0 Å². The van der Waals surface area contributed by atoms with Gasteiger partial charge in [-0.3, -0.25) is 4.79 Å². The van der Waals surface area contributed by atoms with Gasteiger partial charge in [-0.2, -0.15) is 0 Å². The van der Waals surface area contributed by atoms with Gasteiger partial charge >= 0.3 is 0 Å². The van der Waals surface area contributed by atoms with Crippen molar-refractivity contribution in [2.45, 2.75) is 38.2 Å². The first kappa shape index (κ1) is 17.0. The van der Waals surface area contributed by atoms with Crippen LogP contribution in [0.5, 0.6) is 0 Å². The first-order valence-corrected chi connectivity index (χ1v) is 8.97. The maximum Gasteiger partial charge on any atom is 0.277 e. The Bertz CT molecular complexity index is 709. The average Bonchev–Trinajstić information content (AvgIpc) is 3.01. The minimum absolute atomic E-state index is 0.0673. The maximum atomic E-state index is 12.4. The van der Waals surface area contributed by atoms with Crippen LogP contribution < -0.4 is 0 Å². The van der Waals surface area contributed by atoms with Crippen molar-refractivity contribution in [3.8, 4) is 11.5 Å². The molecule has 0 spiro atoms. The number of ether oxygens (including phenoxy) is 1. The number of aromatic nitrogens is 2. The third-order valence-corrected chi connectivity index (χ3v) is 4.68. The van der Waals surface area contributed by atoms with E-state index in [1.807, 2.05) is 49.9 Å². The predicted molar refractivity (Wildman–Crippen MR) is 91.8 cm³/mol. The summed E-state index contributed by atoms with van der Waals surface area (Å²) in [6, 6.07) is 7.84. The van der Waals surface area contributed by atoms with Crippen LogP contribution in [0.15, 0.2) is 33.9 Å². The molecule has 1 aliphatic rings. The van der Waals surface area contributed by atoms with E-state index in [1.165, 1.54) is 11.8 Å². The van der Waals surface area contributed by atoms with Crippen LogP contribution in [0.25, 0.3) is 11.5 Å². The fourth-order valence-electron chi connectivity index (χ4n) is 2.79. The van der Waals surface area contributed by atoms with Crippen molar-refractivity contribution in [3.05, 3.63) is 29.8 Å². The minimum atomic E-state index is 0.0673. The number of thioether (sulfide) groups is 1. The molecule has 0 bridgehead atoms. The minimum Gasteiger partial charge on any atom is -0.411 e. The largest absolute Gasteiger partial charge is 0.411 e. The van der Waals surface area contributed by atoms with Crippen molar-refractivity contribution in [1.82, 2.24) is 15.1 Å². The highest BCUT2D eigenvalue weighted by Crippen LogP contribution is 2.25. The van der Waals surface area contributed by atoms with Crippen LogP contribution in [-0.2, 0) is 9.53 Å². The highest BCUT2D eigenvalue weighted by atomic mass is 32.2. The Morgan fingerprint density at radius 3 is 2.67 bits per heavy atom. The molecule has 0 aliphatic carbocycles. The standard InChI is InChI=1S/C17H21N3O3S/c1-11-6-4-5-7-14(11)16-18-19-17(23-16)24-10-15(21)20-8-12(2)22-13(3)9-20/h4-7,12-13H,8-10H2,1-3H3/t12-,13-/m1/s1. The summed E-state index contributed by atoms with van der Waals surface area (Å²) in [5, 5.41) is 8.52. The Morgan fingerprint density at radius 1 is 1.25 bits per heavy atom. The number of aryl methyl sites for hydroxylation is 1. The predicted octanol–water partition coefficient (Wildman–Crippen LogP) is 2.77. The highest BCUT2D eigenvalue weighted by Gasteiger charge is 2.26. The van der Waals surface area contributed by atoms with Gasteiger partial charge in [0, 0.05) is 18.7 Å². The number of rotatable bonds is 4. The molecule has 0 radical (unpaired) electrons. The SMILES string of the molecule is Cc1ccccc1-c1nnc(SCC(=O)N2C[C@@H](C)O[C@H](C)C2)o1. The molecule has 0 saturated carbocycles. The first-order valence-electron chi connectivity index (χ1n) is 7.98. The molecule has 2 aromatic rings. The second kappa shape index (κ2) is 7.36. The van der Waals surface area contributed by atoms with Crippen LogP contribution in [-0.4, -0.2) is 52.1 Å². The lowest BCUT2D eigenvalue weighted by Gasteiger charge is -2.35. The first-order chi connectivity index (χ1) is 11.5. The number of hydrogen-bond acceptors (Lipinski definition) is 6. The normalized spacial score (nSPS) is 21.0. The average molecular weight is 347 g/mol. The molecule has 7 heteroatoms. The molecule has 6 nitrogen and oxygen atoms in total.